The Kier molecular flexibility index (Phi) is 8.22. The largest absolute Gasteiger partial charge is 0.295 e. The molecule has 0 rings (SSSR count). The van der Waals surface area contributed by atoms with E-state index in [1.165, 1.54) is 19.3 Å². The van der Waals surface area contributed by atoms with Crippen LogP contribution < -0.4 is 0 Å². The normalized spacial score (nSPS) is 14.7. The van der Waals surface area contributed by atoms with Crippen molar-refractivity contribution >= 4 is 5.78 Å². The Morgan fingerprint density at radius 1 is 1.22 bits per heavy atom. The average molecular weight is 252 g/mol. The van der Waals surface area contributed by atoms with Gasteiger partial charge in [-0.25, -0.2) is 0 Å². The van der Waals surface area contributed by atoms with Crippen molar-refractivity contribution in [3.05, 3.63) is 11.6 Å². The first kappa shape index (κ1) is 17.4. The predicted octanol–water partition coefficient (Wildman–Crippen LogP) is 5.54. The van der Waals surface area contributed by atoms with Crippen molar-refractivity contribution < 1.29 is 4.79 Å². The number of carbonyl (C=O) groups is 1. The number of ketones is 1. The smallest absolute Gasteiger partial charge is 0.155 e. The topological polar surface area (TPSA) is 17.1 Å². The third-order valence-electron chi connectivity index (χ3n) is 3.23. The molecule has 0 saturated carbocycles. The van der Waals surface area contributed by atoms with Gasteiger partial charge in [0.2, 0.25) is 0 Å². The SMILES string of the molecule is CCCCCC(=CCC(C)CC(C)(C)C)C(C)=O. The molecule has 0 aromatic carbocycles. The van der Waals surface area contributed by atoms with Crippen LogP contribution in [0.25, 0.3) is 0 Å². The van der Waals surface area contributed by atoms with Gasteiger partial charge in [-0.2, -0.15) is 0 Å². The lowest BCUT2D eigenvalue weighted by Crippen LogP contribution is -2.10. The first-order valence-corrected chi connectivity index (χ1v) is 7.46. The molecule has 0 spiro atoms. The monoisotopic (exact) mass is 252 g/mol. The summed E-state index contributed by atoms with van der Waals surface area (Å²) in [5.41, 5.74) is 1.43. The molecular formula is C17H32O. The number of unbranched alkanes of at least 4 members (excludes halogenated alkanes) is 2. The van der Waals surface area contributed by atoms with E-state index in [-0.39, 0.29) is 5.78 Å². The first-order chi connectivity index (χ1) is 8.26. The highest BCUT2D eigenvalue weighted by atomic mass is 16.1. The number of carbonyl (C=O) groups excluding carboxylic acids is 1. The molecule has 0 fully saturated rings. The van der Waals surface area contributed by atoms with E-state index in [0.717, 1.165) is 24.8 Å². The minimum absolute atomic E-state index is 0.258. The highest BCUT2D eigenvalue weighted by Gasteiger charge is 2.14. The zero-order chi connectivity index (χ0) is 14.2. The van der Waals surface area contributed by atoms with E-state index < -0.39 is 0 Å². The van der Waals surface area contributed by atoms with Gasteiger partial charge >= 0.3 is 0 Å². The van der Waals surface area contributed by atoms with Crippen molar-refractivity contribution in [2.75, 3.05) is 0 Å². The molecule has 0 aliphatic rings. The number of hydrogen-bond acceptors (Lipinski definition) is 1. The maximum atomic E-state index is 11.6. The number of hydrogen-bond donors (Lipinski definition) is 0. The maximum Gasteiger partial charge on any atom is 0.155 e. The molecule has 0 amide bonds. The molecule has 0 aliphatic heterocycles. The van der Waals surface area contributed by atoms with Crippen LogP contribution in [-0.4, -0.2) is 5.78 Å². The molecule has 0 saturated heterocycles. The minimum atomic E-state index is 0.258. The van der Waals surface area contributed by atoms with Crippen LogP contribution >= 0.6 is 0 Å². The lowest BCUT2D eigenvalue weighted by Gasteiger charge is -2.22. The lowest BCUT2D eigenvalue weighted by atomic mass is 9.84. The second-order valence-corrected chi connectivity index (χ2v) is 6.85. The summed E-state index contributed by atoms with van der Waals surface area (Å²) in [6, 6.07) is 0. The molecule has 0 N–H and O–H groups in total. The van der Waals surface area contributed by atoms with Gasteiger partial charge < -0.3 is 0 Å². The number of Topliss-reactive ketones (excluding diaryl/α,β-unsaturated/α-hetero) is 1. The van der Waals surface area contributed by atoms with E-state index in [1.807, 2.05) is 0 Å². The molecule has 1 atom stereocenters. The van der Waals surface area contributed by atoms with E-state index >= 15 is 0 Å². The molecule has 1 unspecified atom stereocenters. The van der Waals surface area contributed by atoms with Crippen LogP contribution in [0.15, 0.2) is 11.6 Å². The molecule has 0 aromatic rings. The van der Waals surface area contributed by atoms with Gasteiger partial charge in [-0.15, -0.1) is 0 Å². The van der Waals surface area contributed by atoms with Crippen molar-refractivity contribution in [2.24, 2.45) is 11.3 Å². The van der Waals surface area contributed by atoms with Gasteiger partial charge in [-0.1, -0.05) is 53.5 Å². The molecule has 0 heterocycles. The fourth-order valence-corrected chi connectivity index (χ4v) is 2.46. The second-order valence-electron chi connectivity index (χ2n) is 6.85. The Morgan fingerprint density at radius 2 is 1.83 bits per heavy atom. The quantitative estimate of drug-likeness (QED) is 0.409. The van der Waals surface area contributed by atoms with Crippen molar-refractivity contribution in [3.63, 3.8) is 0 Å². The van der Waals surface area contributed by atoms with Gasteiger partial charge in [-0.3, -0.25) is 4.79 Å². The summed E-state index contributed by atoms with van der Waals surface area (Å²) in [6.45, 7) is 13.0. The molecule has 1 heteroatoms. The van der Waals surface area contributed by atoms with Crippen LogP contribution in [0.2, 0.25) is 0 Å². The van der Waals surface area contributed by atoms with Gasteiger partial charge in [0.25, 0.3) is 0 Å². The van der Waals surface area contributed by atoms with Gasteiger partial charge in [-0.05, 0) is 49.5 Å². The van der Waals surface area contributed by atoms with Crippen LogP contribution in [0.1, 0.15) is 80.1 Å². The van der Waals surface area contributed by atoms with E-state index in [4.69, 9.17) is 0 Å². The van der Waals surface area contributed by atoms with Gasteiger partial charge in [0.1, 0.15) is 0 Å². The van der Waals surface area contributed by atoms with Gasteiger partial charge in [0.05, 0.1) is 0 Å². The molecule has 0 bridgehead atoms. The Morgan fingerprint density at radius 3 is 2.28 bits per heavy atom. The minimum Gasteiger partial charge on any atom is -0.295 e. The van der Waals surface area contributed by atoms with Crippen LogP contribution in [-0.2, 0) is 4.79 Å². The average Bonchev–Trinajstić information content (AvgIpc) is 2.20. The molecule has 0 radical (unpaired) electrons. The summed E-state index contributed by atoms with van der Waals surface area (Å²) >= 11 is 0. The standard InChI is InChI=1S/C17H32O/c1-7-8-9-10-16(15(3)18)12-11-14(2)13-17(4,5)6/h12,14H,7-11,13H2,1-6H3. The molecule has 106 valence electrons. The van der Waals surface area contributed by atoms with E-state index in [1.54, 1.807) is 6.92 Å². The fourth-order valence-electron chi connectivity index (χ4n) is 2.46. The Hall–Kier alpha value is -0.590. The molecule has 18 heavy (non-hydrogen) atoms. The van der Waals surface area contributed by atoms with Crippen LogP contribution in [0.3, 0.4) is 0 Å². The lowest BCUT2D eigenvalue weighted by molar-refractivity contribution is -0.113. The Labute approximate surface area is 114 Å². The van der Waals surface area contributed by atoms with Crippen LogP contribution in [0.5, 0.6) is 0 Å². The zero-order valence-corrected chi connectivity index (χ0v) is 13.3. The number of rotatable bonds is 8. The second kappa shape index (κ2) is 8.50. The van der Waals surface area contributed by atoms with Crippen LogP contribution in [0.4, 0.5) is 0 Å². The summed E-state index contributed by atoms with van der Waals surface area (Å²) in [4.78, 5) is 11.6. The maximum absolute atomic E-state index is 11.6. The summed E-state index contributed by atoms with van der Waals surface area (Å²) < 4.78 is 0. The van der Waals surface area contributed by atoms with Crippen molar-refractivity contribution in [1.82, 2.24) is 0 Å². The van der Waals surface area contributed by atoms with E-state index in [9.17, 15) is 4.79 Å². The van der Waals surface area contributed by atoms with E-state index in [2.05, 4.69) is 40.7 Å². The summed E-state index contributed by atoms with van der Waals surface area (Å²) in [7, 11) is 0. The summed E-state index contributed by atoms with van der Waals surface area (Å²) in [5.74, 6) is 0.916. The Bertz CT molecular complexity index is 268. The predicted molar refractivity (Wildman–Crippen MR) is 80.8 cm³/mol. The highest BCUT2D eigenvalue weighted by Crippen LogP contribution is 2.26. The zero-order valence-electron chi connectivity index (χ0n) is 13.3. The van der Waals surface area contributed by atoms with Gasteiger partial charge in [0, 0.05) is 0 Å². The van der Waals surface area contributed by atoms with Crippen molar-refractivity contribution in [3.8, 4) is 0 Å². The van der Waals surface area contributed by atoms with Crippen molar-refractivity contribution in [2.45, 2.75) is 80.1 Å². The number of allylic oxidation sites excluding steroid dienone is 2. The first-order valence-electron chi connectivity index (χ1n) is 7.46. The molecule has 1 nitrogen and oxygen atoms in total. The van der Waals surface area contributed by atoms with E-state index in [0.29, 0.717) is 11.3 Å². The third-order valence-corrected chi connectivity index (χ3v) is 3.23. The Balaban J connectivity index is 4.27. The molecule has 0 aromatic heterocycles. The van der Waals surface area contributed by atoms with Gasteiger partial charge in [0.15, 0.2) is 5.78 Å². The fraction of sp³-hybridized carbons (Fsp3) is 0.824. The highest BCUT2D eigenvalue weighted by molar-refractivity contribution is 5.93. The summed E-state index contributed by atoms with van der Waals surface area (Å²) in [5, 5.41) is 0. The van der Waals surface area contributed by atoms with Crippen molar-refractivity contribution in [1.29, 1.82) is 0 Å². The molecule has 0 aliphatic carbocycles. The van der Waals surface area contributed by atoms with Crippen LogP contribution in [0, 0.1) is 11.3 Å². The summed E-state index contributed by atoms with van der Waals surface area (Å²) in [6.07, 6.45) is 8.99. The third kappa shape index (κ3) is 9.44. The molecular weight excluding hydrogens is 220 g/mol.